The molecule has 11 heteroatoms. The van der Waals surface area contributed by atoms with Crippen molar-refractivity contribution in [1.29, 1.82) is 0 Å². The summed E-state index contributed by atoms with van der Waals surface area (Å²) in [5.41, 5.74) is 1.73. The highest BCUT2D eigenvalue weighted by atomic mass is 79.9. The van der Waals surface area contributed by atoms with Crippen molar-refractivity contribution in [2.75, 3.05) is 45.6 Å². The standard InChI is InChI=1S/C18H26BrN5O4S/c1-29(26,27)23-8-6-22(7-9-23)11-14(25)12-28-16-5-4-15-18(17(16)19)20-21-24(15)10-13-2-3-13/h4-5,13-14,25H,2-3,6-12H2,1H3. The van der Waals surface area contributed by atoms with Gasteiger partial charge in [0.2, 0.25) is 10.0 Å². The molecule has 1 saturated heterocycles. The van der Waals surface area contributed by atoms with Gasteiger partial charge in [-0.1, -0.05) is 5.21 Å². The molecule has 1 aromatic heterocycles. The number of aliphatic hydroxyl groups is 1. The molecule has 4 rings (SSSR count). The van der Waals surface area contributed by atoms with Gasteiger partial charge in [0.25, 0.3) is 0 Å². The lowest BCUT2D eigenvalue weighted by molar-refractivity contribution is 0.0568. The van der Waals surface area contributed by atoms with Gasteiger partial charge in [0, 0.05) is 39.3 Å². The van der Waals surface area contributed by atoms with Gasteiger partial charge >= 0.3 is 0 Å². The highest BCUT2D eigenvalue weighted by molar-refractivity contribution is 9.10. The van der Waals surface area contributed by atoms with E-state index >= 15 is 0 Å². The lowest BCUT2D eigenvalue weighted by atomic mass is 10.2. The predicted octanol–water partition coefficient (Wildman–Crippen LogP) is 0.921. The van der Waals surface area contributed by atoms with Crippen LogP contribution < -0.4 is 4.74 Å². The smallest absolute Gasteiger partial charge is 0.211 e. The molecule has 29 heavy (non-hydrogen) atoms. The van der Waals surface area contributed by atoms with Crippen LogP contribution in [-0.4, -0.2) is 89.4 Å². The van der Waals surface area contributed by atoms with Crippen LogP contribution in [0.4, 0.5) is 0 Å². The highest BCUT2D eigenvalue weighted by Crippen LogP contribution is 2.34. The van der Waals surface area contributed by atoms with Crippen molar-refractivity contribution in [2.24, 2.45) is 5.92 Å². The second-order valence-electron chi connectivity index (χ2n) is 7.89. The molecule has 0 radical (unpaired) electrons. The van der Waals surface area contributed by atoms with Crippen LogP contribution in [-0.2, 0) is 16.6 Å². The third-order valence-electron chi connectivity index (χ3n) is 5.42. The van der Waals surface area contributed by atoms with Crippen molar-refractivity contribution in [1.82, 2.24) is 24.2 Å². The fraction of sp³-hybridized carbons (Fsp3) is 0.667. The van der Waals surface area contributed by atoms with Gasteiger partial charge in [-0.25, -0.2) is 13.1 Å². The van der Waals surface area contributed by atoms with Crippen LogP contribution >= 0.6 is 15.9 Å². The molecule has 0 spiro atoms. The fourth-order valence-corrected chi connectivity index (χ4v) is 4.91. The third kappa shape index (κ3) is 5.08. The Kier molecular flexibility index (Phi) is 6.12. The van der Waals surface area contributed by atoms with Crippen LogP contribution in [0.3, 0.4) is 0 Å². The Hall–Kier alpha value is -1.27. The molecule has 9 nitrogen and oxygen atoms in total. The number of ether oxygens (including phenoxy) is 1. The van der Waals surface area contributed by atoms with Crippen LogP contribution in [0.2, 0.25) is 0 Å². The average molecular weight is 488 g/mol. The first-order valence-electron chi connectivity index (χ1n) is 9.81. The Morgan fingerprint density at radius 2 is 2.00 bits per heavy atom. The number of aromatic nitrogens is 3. The molecule has 1 aromatic carbocycles. The molecule has 2 aliphatic rings. The van der Waals surface area contributed by atoms with Gasteiger partial charge in [0.1, 0.15) is 24.0 Å². The van der Waals surface area contributed by atoms with E-state index in [4.69, 9.17) is 4.74 Å². The van der Waals surface area contributed by atoms with Gasteiger partial charge in [-0.15, -0.1) is 5.10 Å². The molecule has 0 amide bonds. The van der Waals surface area contributed by atoms with E-state index < -0.39 is 16.1 Å². The van der Waals surface area contributed by atoms with E-state index in [1.165, 1.54) is 23.4 Å². The molecular weight excluding hydrogens is 462 g/mol. The Labute approximate surface area is 178 Å². The average Bonchev–Trinajstić information content (AvgIpc) is 3.39. The van der Waals surface area contributed by atoms with Gasteiger partial charge in [0.05, 0.1) is 16.2 Å². The summed E-state index contributed by atoms with van der Waals surface area (Å²) < 4.78 is 33.1. The largest absolute Gasteiger partial charge is 0.490 e. The first kappa shape index (κ1) is 21.0. The first-order valence-corrected chi connectivity index (χ1v) is 12.5. The second-order valence-corrected chi connectivity index (χ2v) is 10.7. The topological polar surface area (TPSA) is 101 Å². The van der Waals surface area contributed by atoms with E-state index in [2.05, 4.69) is 31.1 Å². The minimum atomic E-state index is -3.15. The SMILES string of the molecule is CS(=O)(=O)N1CCN(CC(O)COc2ccc3c(nnn3CC3CC3)c2Br)CC1. The monoisotopic (exact) mass is 487 g/mol. The molecule has 2 aromatic rings. The number of benzene rings is 1. The van der Waals surface area contributed by atoms with Crippen LogP contribution in [0.25, 0.3) is 11.0 Å². The Morgan fingerprint density at radius 1 is 1.28 bits per heavy atom. The van der Waals surface area contributed by atoms with Crippen LogP contribution in [0.5, 0.6) is 5.75 Å². The number of sulfonamides is 1. The molecule has 160 valence electrons. The first-order chi connectivity index (χ1) is 13.8. The summed E-state index contributed by atoms with van der Waals surface area (Å²) in [4.78, 5) is 2.05. The molecule has 1 unspecified atom stereocenters. The molecule has 2 heterocycles. The highest BCUT2D eigenvalue weighted by Gasteiger charge is 2.25. The van der Waals surface area contributed by atoms with Gasteiger partial charge in [-0.2, -0.15) is 4.31 Å². The van der Waals surface area contributed by atoms with Crippen LogP contribution in [0.1, 0.15) is 12.8 Å². The molecule has 0 bridgehead atoms. The normalized spacial score (nSPS) is 20.2. The van der Waals surface area contributed by atoms with Gasteiger partial charge < -0.3 is 9.84 Å². The summed E-state index contributed by atoms with van der Waals surface area (Å²) in [7, 11) is -3.15. The fourth-order valence-electron chi connectivity index (χ4n) is 3.56. The molecule has 1 aliphatic heterocycles. The Bertz CT molecular complexity index is 970. The van der Waals surface area contributed by atoms with E-state index in [1.807, 2.05) is 16.8 Å². The Morgan fingerprint density at radius 3 is 2.66 bits per heavy atom. The lowest BCUT2D eigenvalue weighted by Crippen LogP contribution is -2.50. The lowest BCUT2D eigenvalue weighted by Gasteiger charge is -2.34. The third-order valence-corrected chi connectivity index (χ3v) is 7.49. The van der Waals surface area contributed by atoms with E-state index in [0.717, 1.165) is 22.1 Å². The summed E-state index contributed by atoms with van der Waals surface area (Å²) in [6, 6.07) is 3.82. The number of aliphatic hydroxyl groups excluding tert-OH is 1. The summed E-state index contributed by atoms with van der Waals surface area (Å²) in [6.45, 7) is 3.58. The van der Waals surface area contributed by atoms with E-state index in [-0.39, 0.29) is 6.61 Å². The molecule has 2 fully saturated rings. The summed E-state index contributed by atoms with van der Waals surface area (Å²) in [5, 5.41) is 18.9. The minimum Gasteiger partial charge on any atom is -0.490 e. The zero-order valence-electron chi connectivity index (χ0n) is 16.4. The molecule has 1 N–H and O–H groups in total. The van der Waals surface area contributed by atoms with Gasteiger partial charge in [-0.05, 0) is 46.8 Å². The predicted molar refractivity (Wildman–Crippen MR) is 112 cm³/mol. The molecule has 1 saturated carbocycles. The number of hydrogen-bond donors (Lipinski definition) is 1. The zero-order chi connectivity index (χ0) is 20.6. The second kappa shape index (κ2) is 8.46. The Balaban J connectivity index is 1.30. The molecule has 1 atom stereocenters. The van der Waals surface area contributed by atoms with Gasteiger partial charge in [-0.3, -0.25) is 4.90 Å². The van der Waals surface area contributed by atoms with Crippen LogP contribution in [0, 0.1) is 5.92 Å². The zero-order valence-corrected chi connectivity index (χ0v) is 18.8. The summed E-state index contributed by atoms with van der Waals surface area (Å²) >= 11 is 3.56. The number of rotatable bonds is 8. The number of piperazine rings is 1. The van der Waals surface area contributed by atoms with E-state index in [9.17, 15) is 13.5 Å². The van der Waals surface area contributed by atoms with Crippen molar-refractivity contribution < 1.29 is 18.3 Å². The quantitative estimate of drug-likeness (QED) is 0.590. The van der Waals surface area contributed by atoms with Crippen molar-refractivity contribution in [3.8, 4) is 5.75 Å². The number of hydrogen-bond acceptors (Lipinski definition) is 7. The summed E-state index contributed by atoms with van der Waals surface area (Å²) in [6.07, 6.45) is 3.06. The van der Waals surface area contributed by atoms with Gasteiger partial charge in [0.15, 0.2) is 0 Å². The number of halogens is 1. The van der Waals surface area contributed by atoms with Crippen molar-refractivity contribution in [2.45, 2.75) is 25.5 Å². The molecule has 1 aliphatic carbocycles. The van der Waals surface area contributed by atoms with Crippen molar-refractivity contribution in [3.63, 3.8) is 0 Å². The van der Waals surface area contributed by atoms with Crippen LogP contribution in [0.15, 0.2) is 16.6 Å². The number of fused-ring (bicyclic) bond motifs is 1. The maximum absolute atomic E-state index is 11.6. The molecular formula is C18H26BrN5O4S. The van der Waals surface area contributed by atoms with E-state index in [1.54, 1.807) is 0 Å². The minimum absolute atomic E-state index is 0.145. The number of nitrogens with zero attached hydrogens (tertiary/aromatic N) is 5. The maximum atomic E-state index is 11.6. The van der Waals surface area contributed by atoms with Crippen molar-refractivity contribution in [3.05, 3.63) is 16.6 Å². The summed E-state index contributed by atoms with van der Waals surface area (Å²) in [5.74, 6) is 1.33. The maximum Gasteiger partial charge on any atom is 0.211 e. The van der Waals surface area contributed by atoms with E-state index in [0.29, 0.717) is 44.4 Å². The van der Waals surface area contributed by atoms with Crippen molar-refractivity contribution >= 4 is 37.0 Å². The number of β-amino-alcohol motifs (C(OH)–C–C–N with tert-alkyl or cyclic N) is 1.